The van der Waals surface area contributed by atoms with Gasteiger partial charge in [0.1, 0.15) is 0 Å². The zero-order valence-corrected chi connectivity index (χ0v) is 28.6. The van der Waals surface area contributed by atoms with E-state index in [-0.39, 0.29) is 17.1 Å². The average molecular weight is 639 g/mol. The van der Waals surface area contributed by atoms with Crippen molar-refractivity contribution in [2.24, 2.45) is 0 Å². The van der Waals surface area contributed by atoms with E-state index in [0.29, 0.717) is 5.66 Å². The first kappa shape index (κ1) is 34.1. The average Bonchev–Trinajstić information content (AvgIpc) is 3.70. The summed E-state index contributed by atoms with van der Waals surface area (Å²) in [6.07, 6.45) is 17.1. The Morgan fingerprint density at radius 3 is 1.26 bits per heavy atom. The second kappa shape index (κ2) is 16.5. The maximum absolute atomic E-state index is 2.46. The molecule has 0 saturated heterocycles. The Bertz CT molecular complexity index is 1270. The van der Waals surface area contributed by atoms with Gasteiger partial charge in [-0.15, -0.1) is 0 Å². The molecule has 0 unspecified atom stereocenters. The van der Waals surface area contributed by atoms with Gasteiger partial charge in [-0.1, -0.05) is 126 Å². The summed E-state index contributed by atoms with van der Waals surface area (Å²) in [5.74, 6) is 1.49. The molecule has 0 N–H and O–H groups in total. The normalized spacial score (nSPS) is 16.2. The topological polar surface area (TPSA) is 0 Å². The molecule has 218 valence electrons. The summed E-state index contributed by atoms with van der Waals surface area (Å²) in [4.78, 5) is 0. The van der Waals surface area contributed by atoms with Crippen LogP contribution in [-0.2, 0) is 17.1 Å². The molecule has 4 aromatic carbocycles. The van der Waals surface area contributed by atoms with Crippen molar-refractivity contribution in [1.82, 2.24) is 0 Å². The van der Waals surface area contributed by atoms with Crippen LogP contribution < -0.4 is 21.2 Å². The van der Waals surface area contributed by atoms with Gasteiger partial charge in [0.2, 0.25) is 0 Å². The van der Waals surface area contributed by atoms with Gasteiger partial charge in [0.15, 0.2) is 0 Å². The molecule has 2 aliphatic rings. The van der Waals surface area contributed by atoms with E-state index in [0.717, 1.165) is 0 Å². The van der Waals surface area contributed by atoms with Gasteiger partial charge in [-0.25, -0.2) is 0 Å². The number of hydrogen-bond acceptors (Lipinski definition) is 0. The smallest absolute Gasteiger partial charge is 0.0201 e. The van der Waals surface area contributed by atoms with E-state index in [1.165, 1.54) is 55.0 Å². The summed E-state index contributed by atoms with van der Waals surface area (Å²) in [6.45, 7) is 11.4. The molecule has 3 heteroatoms. The first-order valence-corrected chi connectivity index (χ1v) is 17.4. The Morgan fingerprint density at radius 1 is 0.465 bits per heavy atom. The molecule has 0 aromatic heterocycles. The predicted molar refractivity (Wildman–Crippen MR) is 187 cm³/mol. The molecule has 43 heavy (non-hydrogen) atoms. The van der Waals surface area contributed by atoms with E-state index in [9.17, 15) is 0 Å². The second-order valence-electron chi connectivity index (χ2n) is 11.1. The first-order valence-electron chi connectivity index (χ1n) is 14.7. The van der Waals surface area contributed by atoms with Gasteiger partial charge >= 0.3 is 0 Å². The molecule has 4 aromatic rings. The SMILES string of the molecule is Cc1cc(C)cc(P(c2cc(C)cc(C)c2)[C@@H](C)[C]2[CH][CH][CH][C]2P(c2ccccc2)c2ccccc2)c1.[CH]1[CH][CH][CH][CH]1.[Fe]. The molecule has 0 nitrogen and oxygen atoms in total. The van der Waals surface area contributed by atoms with Crippen molar-refractivity contribution >= 4 is 37.1 Å². The van der Waals surface area contributed by atoms with Crippen molar-refractivity contribution in [3.05, 3.63) is 182 Å². The van der Waals surface area contributed by atoms with Gasteiger partial charge in [-0.3, -0.25) is 0 Å². The fraction of sp³-hybridized carbons (Fsp3) is 0.150. The van der Waals surface area contributed by atoms with Crippen molar-refractivity contribution in [3.8, 4) is 0 Å². The first-order chi connectivity index (χ1) is 20.4. The van der Waals surface area contributed by atoms with Crippen LogP contribution in [0.2, 0.25) is 0 Å². The summed E-state index contributed by atoms with van der Waals surface area (Å²) in [5, 5.41) is 5.76. The molecular weight excluding hydrogens is 598 g/mol. The van der Waals surface area contributed by atoms with Gasteiger partial charge in [0.05, 0.1) is 0 Å². The number of hydrogen-bond donors (Lipinski definition) is 0. The van der Waals surface area contributed by atoms with Gasteiger partial charge in [-0.2, -0.15) is 0 Å². The Labute approximate surface area is 275 Å². The van der Waals surface area contributed by atoms with Crippen molar-refractivity contribution < 1.29 is 17.1 Å². The molecule has 0 amide bonds. The number of benzene rings is 4. The van der Waals surface area contributed by atoms with Gasteiger partial charge < -0.3 is 0 Å². The third kappa shape index (κ3) is 8.92. The zero-order valence-electron chi connectivity index (χ0n) is 25.7. The molecule has 0 bridgehead atoms. The van der Waals surface area contributed by atoms with Crippen molar-refractivity contribution in [2.75, 3.05) is 0 Å². The van der Waals surface area contributed by atoms with Gasteiger partial charge in [0.25, 0.3) is 0 Å². The minimum Gasteiger partial charge on any atom is -0.0622 e. The monoisotopic (exact) mass is 638 g/mol. The molecule has 2 fully saturated rings. The van der Waals surface area contributed by atoms with Crippen LogP contribution in [0.15, 0.2) is 97.1 Å². The van der Waals surface area contributed by atoms with Gasteiger partial charge in [0, 0.05) is 22.7 Å². The molecule has 0 spiro atoms. The second-order valence-corrected chi connectivity index (χ2v) is 15.8. The summed E-state index contributed by atoms with van der Waals surface area (Å²) in [5.41, 5.74) is 7.26. The van der Waals surface area contributed by atoms with E-state index in [1.54, 1.807) is 0 Å². The molecule has 10 radical (unpaired) electrons. The number of aryl methyl sites for hydroxylation is 4. The minimum atomic E-state index is -0.639. The molecule has 1 atom stereocenters. The van der Waals surface area contributed by atoms with E-state index in [4.69, 9.17) is 0 Å². The van der Waals surface area contributed by atoms with Crippen LogP contribution in [0.4, 0.5) is 0 Å². The Kier molecular flexibility index (Phi) is 13.1. The summed E-state index contributed by atoms with van der Waals surface area (Å²) >= 11 is 0. The van der Waals surface area contributed by atoms with Crippen LogP contribution in [0.25, 0.3) is 0 Å². The fourth-order valence-corrected chi connectivity index (χ4v) is 11.5. The zero-order chi connectivity index (χ0) is 29.5. The standard InChI is InChI=1S/C35H35P2.C5H5.Fe/c1-25-19-26(2)22-32(21-25)36(33-23-27(3)20-28(4)24-33)29(5)34-17-12-18-35(34)37(30-13-8-6-9-14-30)31-15-10-7-11-16-31;1-2-4-5-3-1;/h6-24,29H,1-5H3;1-5H;/t29-;;/m0../s1. The Hall–Kier alpha value is -1.74. The largest absolute Gasteiger partial charge is 0.0622 e. The van der Waals surface area contributed by atoms with Crippen LogP contribution in [0.1, 0.15) is 29.2 Å². The molecule has 2 aliphatic carbocycles. The van der Waals surface area contributed by atoms with Crippen LogP contribution in [0, 0.1) is 90.6 Å². The van der Waals surface area contributed by atoms with Crippen molar-refractivity contribution in [1.29, 1.82) is 0 Å². The van der Waals surface area contributed by atoms with Crippen molar-refractivity contribution in [3.63, 3.8) is 0 Å². The summed E-state index contributed by atoms with van der Waals surface area (Å²) in [6, 6.07) is 36.4. The van der Waals surface area contributed by atoms with Crippen LogP contribution in [0.5, 0.6) is 0 Å². The Balaban J connectivity index is 0.000000641. The maximum atomic E-state index is 2.46. The molecule has 0 aliphatic heterocycles. The van der Waals surface area contributed by atoms with E-state index in [2.05, 4.69) is 151 Å². The van der Waals surface area contributed by atoms with Gasteiger partial charge in [-0.05, 0) is 128 Å². The fourth-order valence-electron chi connectivity index (χ4n) is 5.80. The predicted octanol–water partition coefficient (Wildman–Crippen LogP) is 8.63. The van der Waals surface area contributed by atoms with E-state index < -0.39 is 15.8 Å². The summed E-state index contributed by atoms with van der Waals surface area (Å²) in [7, 11) is -1.24. The molecule has 2 saturated carbocycles. The molecular formula is C40H40FeP2. The minimum absolute atomic E-state index is 0. The third-order valence-corrected chi connectivity index (χ3v) is 12.7. The number of rotatable bonds is 7. The van der Waals surface area contributed by atoms with E-state index in [1.807, 2.05) is 32.1 Å². The molecule has 6 rings (SSSR count). The van der Waals surface area contributed by atoms with Crippen LogP contribution in [0.3, 0.4) is 0 Å². The Morgan fingerprint density at radius 2 is 0.860 bits per heavy atom. The maximum Gasteiger partial charge on any atom is 0.0201 e. The van der Waals surface area contributed by atoms with Crippen LogP contribution in [-0.4, -0.2) is 5.66 Å². The molecule has 0 heterocycles. The van der Waals surface area contributed by atoms with Crippen molar-refractivity contribution in [2.45, 2.75) is 40.3 Å². The quantitative estimate of drug-likeness (QED) is 0.141. The summed E-state index contributed by atoms with van der Waals surface area (Å²) < 4.78 is 0. The third-order valence-electron chi connectivity index (χ3n) is 7.46. The van der Waals surface area contributed by atoms with Crippen LogP contribution >= 0.6 is 15.8 Å². The van der Waals surface area contributed by atoms with E-state index >= 15 is 0 Å².